The SMILES string of the molecule is C=C(C)Cc1c(C)cc2c(c1-c1ccc(C)cc1)CC(c1ccc3c(c1)C(C1CCC(C4CC(C(=C)C)C4)CC1)=CC3C(C)(C)C)=C2.CC(C)(C)C. The van der Waals surface area contributed by atoms with E-state index in [0.29, 0.717) is 17.3 Å². The fourth-order valence-corrected chi connectivity index (χ4v) is 9.52. The molecule has 0 heterocycles. The number of hydrogen-bond acceptors (Lipinski definition) is 0. The molecule has 3 aromatic carbocycles. The molecule has 0 heteroatoms. The van der Waals surface area contributed by atoms with E-state index in [4.69, 9.17) is 0 Å². The van der Waals surface area contributed by atoms with Crippen LogP contribution in [0.1, 0.15) is 151 Å². The number of allylic oxidation sites excluding steroid dienone is 5. The Morgan fingerprint density at radius 1 is 0.769 bits per heavy atom. The lowest BCUT2D eigenvalue weighted by Crippen LogP contribution is -2.33. The molecule has 1 atom stereocenters. The van der Waals surface area contributed by atoms with Gasteiger partial charge < -0.3 is 0 Å². The third-order valence-electron chi connectivity index (χ3n) is 12.4. The van der Waals surface area contributed by atoms with Gasteiger partial charge in [0.25, 0.3) is 0 Å². The minimum Gasteiger partial charge on any atom is -0.0999 e. The van der Waals surface area contributed by atoms with Crippen molar-refractivity contribution >= 4 is 17.2 Å². The van der Waals surface area contributed by atoms with Gasteiger partial charge in [-0.2, -0.15) is 0 Å². The van der Waals surface area contributed by atoms with Crippen molar-refractivity contribution < 1.29 is 0 Å². The molecule has 0 aromatic heterocycles. The van der Waals surface area contributed by atoms with Crippen LogP contribution < -0.4 is 0 Å². The largest absolute Gasteiger partial charge is 0.0999 e. The van der Waals surface area contributed by atoms with Crippen molar-refractivity contribution in [3.63, 3.8) is 0 Å². The Morgan fingerprint density at radius 3 is 1.96 bits per heavy atom. The van der Waals surface area contributed by atoms with Crippen molar-refractivity contribution in [3.8, 4) is 11.1 Å². The number of aryl methyl sites for hydroxylation is 2. The Bertz CT molecular complexity index is 1870. The Morgan fingerprint density at radius 2 is 1.38 bits per heavy atom. The summed E-state index contributed by atoms with van der Waals surface area (Å²) in [5.41, 5.74) is 20.7. The quantitative estimate of drug-likeness (QED) is 0.216. The summed E-state index contributed by atoms with van der Waals surface area (Å²) in [5, 5.41) is 0. The zero-order valence-corrected chi connectivity index (χ0v) is 34.7. The smallest absolute Gasteiger partial charge is 0.00787 e. The van der Waals surface area contributed by atoms with Crippen molar-refractivity contribution in [3.05, 3.63) is 123 Å². The zero-order valence-electron chi connectivity index (χ0n) is 34.7. The van der Waals surface area contributed by atoms with Crippen molar-refractivity contribution in [2.45, 2.75) is 133 Å². The van der Waals surface area contributed by atoms with Gasteiger partial charge in [0.1, 0.15) is 0 Å². The number of rotatable bonds is 7. The number of fused-ring (bicyclic) bond motifs is 2. The molecule has 0 N–H and O–H groups in total. The first-order valence-corrected chi connectivity index (χ1v) is 20.5. The van der Waals surface area contributed by atoms with E-state index in [1.807, 2.05) is 0 Å². The number of benzene rings is 3. The molecule has 7 rings (SSSR count). The van der Waals surface area contributed by atoms with E-state index in [1.165, 1.54) is 99.8 Å². The second kappa shape index (κ2) is 14.8. The number of hydrogen-bond donors (Lipinski definition) is 0. The fourth-order valence-electron chi connectivity index (χ4n) is 9.52. The van der Waals surface area contributed by atoms with Gasteiger partial charge in [0.05, 0.1) is 0 Å². The predicted molar refractivity (Wildman–Crippen MR) is 230 cm³/mol. The first-order valence-electron chi connectivity index (χ1n) is 20.5. The van der Waals surface area contributed by atoms with Crippen LogP contribution >= 0.6 is 0 Å². The fraction of sp³-hybridized carbons (Fsp3) is 0.500. The monoisotopic (exact) mass is 693 g/mol. The summed E-state index contributed by atoms with van der Waals surface area (Å²) >= 11 is 0. The molecule has 1 unspecified atom stereocenters. The summed E-state index contributed by atoms with van der Waals surface area (Å²) in [7, 11) is 0. The average Bonchev–Trinajstić information content (AvgIpc) is 3.62. The van der Waals surface area contributed by atoms with Crippen LogP contribution in [0.2, 0.25) is 0 Å². The molecule has 4 aliphatic rings. The molecule has 52 heavy (non-hydrogen) atoms. The van der Waals surface area contributed by atoms with Gasteiger partial charge >= 0.3 is 0 Å². The van der Waals surface area contributed by atoms with E-state index in [1.54, 1.807) is 16.7 Å². The molecule has 0 nitrogen and oxygen atoms in total. The molecular weight excluding hydrogens is 625 g/mol. The highest BCUT2D eigenvalue weighted by molar-refractivity contribution is 5.94. The van der Waals surface area contributed by atoms with Crippen molar-refractivity contribution in [1.29, 1.82) is 0 Å². The highest BCUT2D eigenvalue weighted by Crippen LogP contribution is 2.54. The van der Waals surface area contributed by atoms with E-state index in [9.17, 15) is 0 Å². The van der Waals surface area contributed by atoms with Crippen LogP contribution in [0.15, 0.2) is 78.9 Å². The van der Waals surface area contributed by atoms with Gasteiger partial charge in [-0.1, -0.05) is 133 Å². The molecule has 2 fully saturated rings. The van der Waals surface area contributed by atoms with Crippen LogP contribution in [-0.2, 0) is 12.8 Å². The standard InChI is InChI=1S/C47H56.C5H12/c1-28(2)20-41-31(6)21-39-24-38(26-43(39)46(41)34-12-10-30(5)11-13-34)35-18-19-40-44(25-35)42(27-45(40)47(7,8)9)33-16-14-32(15-17-33)37-22-36(23-37)29(3)4;1-5(2,3)4/h10-13,18-19,21,24-25,27,32-33,36-37,45H,1,3,14-17,20,22-23,26H2,2,4-9H3;1-4H3. The lowest BCUT2D eigenvalue weighted by Gasteiger charge is -2.44. The molecule has 0 bridgehead atoms. The van der Waals surface area contributed by atoms with Crippen molar-refractivity contribution in [1.82, 2.24) is 0 Å². The van der Waals surface area contributed by atoms with Crippen LogP contribution in [0.4, 0.5) is 0 Å². The van der Waals surface area contributed by atoms with Gasteiger partial charge in [0.15, 0.2) is 0 Å². The highest BCUT2D eigenvalue weighted by atomic mass is 14.4. The van der Waals surface area contributed by atoms with Gasteiger partial charge in [-0.05, 0) is 181 Å². The maximum atomic E-state index is 4.31. The molecule has 2 saturated carbocycles. The summed E-state index contributed by atoms with van der Waals surface area (Å²) in [6, 6.07) is 19.1. The Balaban J connectivity index is 0.000000870. The molecular formula is C52H68. The van der Waals surface area contributed by atoms with E-state index in [0.717, 1.165) is 30.6 Å². The maximum absolute atomic E-state index is 4.31. The molecule has 276 valence electrons. The molecule has 0 amide bonds. The van der Waals surface area contributed by atoms with Gasteiger partial charge in [0.2, 0.25) is 0 Å². The summed E-state index contributed by atoms with van der Waals surface area (Å²) in [4.78, 5) is 0. The van der Waals surface area contributed by atoms with Crippen LogP contribution in [0.5, 0.6) is 0 Å². The summed E-state index contributed by atoms with van der Waals surface area (Å²) < 4.78 is 0. The average molecular weight is 693 g/mol. The van der Waals surface area contributed by atoms with Crippen LogP contribution in [0.25, 0.3) is 28.3 Å². The first-order chi connectivity index (χ1) is 24.4. The lowest BCUT2D eigenvalue weighted by molar-refractivity contribution is 0.110. The van der Waals surface area contributed by atoms with Crippen LogP contribution in [-0.4, -0.2) is 0 Å². The molecule has 3 aromatic rings. The Labute approximate surface area is 318 Å². The second-order valence-electron chi connectivity index (χ2n) is 20.1. The van der Waals surface area contributed by atoms with E-state index >= 15 is 0 Å². The maximum Gasteiger partial charge on any atom is 0.00787 e. The highest BCUT2D eigenvalue weighted by Gasteiger charge is 2.40. The van der Waals surface area contributed by atoms with Crippen LogP contribution in [0, 0.1) is 48.3 Å². The minimum atomic E-state index is 0.210. The Hall–Kier alpha value is -3.38. The molecule has 4 aliphatic carbocycles. The normalized spacial score (nSPS) is 23.8. The lowest BCUT2D eigenvalue weighted by atomic mass is 9.62. The molecule has 0 spiro atoms. The van der Waals surface area contributed by atoms with Gasteiger partial charge in [-0.15, -0.1) is 0 Å². The second-order valence-corrected chi connectivity index (χ2v) is 20.1. The zero-order chi connectivity index (χ0) is 37.7. The van der Waals surface area contributed by atoms with Crippen LogP contribution in [0.3, 0.4) is 0 Å². The van der Waals surface area contributed by atoms with Crippen molar-refractivity contribution in [2.75, 3.05) is 0 Å². The summed E-state index contributed by atoms with van der Waals surface area (Å²) in [6.07, 6.45) is 15.4. The van der Waals surface area contributed by atoms with E-state index in [2.05, 4.69) is 150 Å². The van der Waals surface area contributed by atoms with Gasteiger partial charge in [0, 0.05) is 5.92 Å². The Kier molecular flexibility index (Phi) is 10.9. The molecule has 0 radical (unpaired) electrons. The van der Waals surface area contributed by atoms with Crippen molar-refractivity contribution in [2.24, 2.45) is 34.5 Å². The van der Waals surface area contributed by atoms with Gasteiger partial charge in [-0.3, -0.25) is 0 Å². The predicted octanol–water partition coefficient (Wildman–Crippen LogP) is 15.2. The molecule has 0 saturated heterocycles. The summed E-state index contributed by atoms with van der Waals surface area (Å²) in [6.45, 7) is 33.4. The topological polar surface area (TPSA) is 0 Å². The third-order valence-corrected chi connectivity index (χ3v) is 12.4. The molecule has 0 aliphatic heterocycles. The first kappa shape index (κ1) is 38.3. The van der Waals surface area contributed by atoms with Gasteiger partial charge in [-0.25, -0.2) is 0 Å². The minimum absolute atomic E-state index is 0.210. The van der Waals surface area contributed by atoms with E-state index < -0.39 is 0 Å². The van der Waals surface area contributed by atoms with E-state index in [-0.39, 0.29) is 5.41 Å². The summed E-state index contributed by atoms with van der Waals surface area (Å²) in [5.74, 6) is 3.84. The third kappa shape index (κ3) is 8.38.